The van der Waals surface area contributed by atoms with E-state index < -0.39 is 0 Å². The van der Waals surface area contributed by atoms with Crippen LogP contribution in [0.4, 0.5) is 16.2 Å². The minimum Gasteiger partial charge on any atom is -0.335 e. The Bertz CT molecular complexity index is 712. The molecule has 0 saturated carbocycles. The molecule has 0 heterocycles. The van der Waals surface area contributed by atoms with Crippen LogP contribution in [-0.4, -0.2) is 25.0 Å². The zero-order valence-electron chi connectivity index (χ0n) is 15.0. The Labute approximate surface area is 149 Å². The molecule has 5 heteroatoms. The van der Waals surface area contributed by atoms with Crippen LogP contribution in [0, 0.1) is 0 Å². The molecule has 0 saturated heterocycles. The molecule has 2 rings (SSSR count). The van der Waals surface area contributed by atoms with Gasteiger partial charge in [-0.15, -0.1) is 0 Å². The predicted octanol–water partition coefficient (Wildman–Crippen LogP) is 4.27. The largest absolute Gasteiger partial charge is 0.335 e. The maximum Gasteiger partial charge on any atom is 0.319 e. The van der Waals surface area contributed by atoms with Gasteiger partial charge in [-0.05, 0) is 43.2 Å². The lowest BCUT2D eigenvalue weighted by molar-refractivity contribution is 0.0993. The number of benzene rings is 2. The van der Waals surface area contributed by atoms with E-state index in [2.05, 4.69) is 10.6 Å². The monoisotopic (exact) mass is 339 g/mol. The van der Waals surface area contributed by atoms with E-state index in [-0.39, 0.29) is 18.0 Å². The Morgan fingerprint density at radius 2 is 1.68 bits per heavy atom. The van der Waals surface area contributed by atoms with Crippen LogP contribution in [0.25, 0.3) is 0 Å². The van der Waals surface area contributed by atoms with E-state index in [4.69, 9.17) is 0 Å². The molecule has 25 heavy (non-hydrogen) atoms. The summed E-state index contributed by atoms with van der Waals surface area (Å²) in [6.45, 7) is 4.07. The normalized spacial score (nSPS) is 10.4. The van der Waals surface area contributed by atoms with Crippen LogP contribution >= 0.6 is 0 Å². The molecule has 0 fully saturated rings. The van der Waals surface area contributed by atoms with Crippen molar-refractivity contribution >= 4 is 23.3 Å². The number of carbonyl (C=O) groups is 2. The fourth-order valence-electron chi connectivity index (χ4n) is 2.54. The van der Waals surface area contributed by atoms with Gasteiger partial charge in [0.1, 0.15) is 0 Å². The van der Waals surface area contributed by atoms with E-state index in [0.717, 1.165) is 18.5 Å². The van der Waals surface area contributed by atoms with Gasteiger partial charge in [0.15, 0.2) is 0 Å². The summed E-state index contributed by atoms with van der Waals surface area (Å²) in [4.78, 5) is 26.3. The number of urea groups is 1. The highest BCUT2D eigenvalue weighted by Crippen LogP contribution is 2.17. The van der Waals surface area contributed by atoms with Crippen LogP contribution in [0.15, 0.2) is 54.6 Å². The zero-order valence-corrected chi connectivity index (χ0v) is 15.0. The van der Waals surface area contributed by atoms with Gasteiger partial charge in [0.25, 0.3) is 5.91 Å². The maximum absolute atomic E-state index is 12.7. The molecule has 0 bridgehead atoms. The second kappa shape index (κ2) is 8.87. The highest BCUT2D eigenvalue weighted by atomic mass is 16.2. The lowest BCUT2D eigenvalue weighted by Crippen LogP contribution is -2.37. The van der Waals surface area contributed by atoms with E-state index in [1.807, 2.05) is 44.2 Å². The molecule has 3 amide bonds. The first-order valence-corrected chi connectivity index (χ1v) is 8.55. The van der Waals surface area contributed by atoms with Crippen molar-refractivity contribution < 1.29 is 9.59 Å². The molecule has 2 aromatic carbocycles. The van der Waals surface area contributed by atoms with E-state index >= 15 is 0 Å². The molecule has 0 aliphatic carbocycles. The molecule has 0 radical (unpaired) electrons. The molecule has 2 N–H and O–H groups in total. The Morgan fingerprint density at radius 3 is 2.32 bits per heavy atom. The third kappa shape index (κ3) is 5.08. The van der Waals surface area contributed by atoms with Crippen molar-refractivity contribution in [2.75, 3.05) is 17.3 Å². The standard InChI is InChI=1S/C20H25N3O2/c1-4-16(5-2)21-20(25)22-17-11-9-10-15(14-17)19(24)23(3)18-12-7-6-8-13-18/h6-14,16H,4-5H2,1-3H3,(H2,21,22,25). The number of anilines is 2. The van der Waals surface area contributed by atoms with Crippen LogP contribution in [0.2, 0.25) is 0 Å². The first-order chi connectivity index (χ1) is 12.0. The average molecular weight is 339 g/mol. The molecular formula is C20H25N3O2. The lowest BCUT2D eigenvalue weighted by Gasteiger charge is -2.18. The Hall–Kier alpha value is -2.82. The summed E-state index contributed by atoms with van der Waals surface area (Å²) in [7, 11) is 1.73. The number of amides is 3. The van der Waals surface area contributed by atoms with Crippen molar-refractivity contribution in [2.45, 2.75) is 32.7 Å². The van der Waals surface area contributed by atoms with Crippen molar-refractivity contribution in [1.29, 1.82) is 0 Å². The van der Waals surface area contributed by atoms with Gasteiger partial charge in [-0.3, -0.25) is 4.79 Å². The van der Waals surface area contributed by atoms with Crippen LogP contribution < -0.4 is 15.5 Å². The van der Waals surface area contributed by atoms with Crippen LogP contribution in [-0.2, 0) is 0 Å². The smallest absolute Gasteiger partial charge is 0.319 e. The van der Waals surface area contributed by atoms with Gasteiger partial charge in [-0.1, -0.05) is 38.1 Å². The maximum atomic E-state index is 12.7. The zero-order chi connectivity index (χ0) is 18.2. The van der Waals surface area contributed by atoms with E-state index in [0.29, 0.717) is 11.3 Å². The lowest BCUT2D eigenvalue weighted by atomic mass is 10.1. The minimum absolute atomic E-state index is 0.129. The number of rotatable bonds is 6. The summed E-state index contributed by atoms with van der Waals surface area (Å²) in [6.07, 6.45) is 1.76. The molecule has 2 aromatic rings. The molecule has 0 atom stereocenters. The van der Waals surface area contributed by atoms with Gasteiger partial charge in [0.2, 0.25) is 0 Å². The third-order valence-corrected chi connectivity index (χ3v) is 4.14. The molecule has 0 aliphatic heterocycles. The summed E-state index contributed by atoms with van der Waals surface area (Å²) in [6, 6.07) is 16.3. The summed E-state index contributed by atoms with van der Waals surface area (Å²) >= 11 is 0. The topological polar surface area (TPSA) is 61.4 Å². The molecular weight excluding hydrogens is 314 g/mol. The molecule has 0 unspecified atom stereocenters. The Morgan fingerprint density at radius 1 is 1.00 bits per heavy atom. The molecule has 0 spiro atoms. The van der Waals surface area contributed by atoms with Gasteiger partial charge >= 0.3 is 6.03 Å². The number of nitrogens with one attached hydrogen (secondary N) is 2. The highest BCUT2D eigenvalue weighted by molar-refractivity contribution is 6.06. The van der Waals surface area contributed by atoms with Crippen LogP contribution in [0.1, 0.15) is 37.0 Å². The summed E-state index contributed by atoms with van der Waals surface area (Å²) in [5, 5.41) is 5.71. The summed E-state index contributed by atoms with van der Waals surface area (Å²) in [5.41, 5.74) is 1.93. The molecule has 132 valence electrons. The first-order valence-electron chi connectivity index (χ1n) is 8.55. The predicted molar refractivity (Wildman–Crippen MR) is 102 cm³/mol. The van der Waals surface area contributed by atoms with Crippen molar-refractivity contribution in [3.63, 3.8) is 0 Å². The highest BCUT2D eigenvalue weighted by Gasteiger charge is 2.14. The van der Waals surface area contributed by atoms with Crippen LogP contribution in [0.3, 0.4) is 0 Å². The number of nitrogens with zero attached hydrogens (tertiary/aromatic N) is 1. The van der Waals surface area contributed by atoms with Gasteiger partial charge in [-0.2, -0.15) is 0 Å². The van der Waals surface area contributed by atoms with Crippen molar-refractivity contribution in [2.24, 2.45) is 0 Å². The Balaban J connectivity index is 2.08. The van der Waals surface area contributed by atoms with Crippen molar-refractivity contribution in [3.8, 4) is 0 Å². The SMILES string of the molecule is CCC(CC)NC(=O)Nc1cccc(C(=O)N(C)c2ccccc2)c1. The number of carbonyl (C=O) groups excluding carboxylic acids is 2. The quantitative estimate of drug-likeness (QED) is 0.825. The van der Waals surface area contributed by atoms with Crippen LogP contribution in [0.5, 0.6) is 0 Å². The first kappa shape index (κ1) is 18.5. The van der Waals surface area contributed by atoms with E-state index in [1.165, 1.54) is 0 Å². The van der Waals surface area contributed by atoms with Crippen molar-refractivity contribution in [1.82, 2.24) is 5.32 Å². The molecule has 0 aromatic heterocycles. The van der Waals surface area contributed by atoms with E-state index in [9.17, 15) is 9.59 Å². The Kier molecular flexibility index (Phi) is 6.57. The fourth-order valence-corrected chi connectivity index (χ4v) is 2.54. The van der Waals surface area contributed by atoms with Gasteiger partial charge in [-0.25, -0.2) is 4.79 Å². The number of para-hydroxylation sites is 1. The summed E-state index contributed by atoms with van der Waals surface area (Å²) in [5.74, 6) is -0.129. The second-order valence-electron chi connectivity index (χ2n) is 5.89. The fraction of sp³-hybridized carbons (Fsp3) is 0.300. The molecule has 5 nitrogen and oxygen atoms in total. The van der Waals surface area contributed by atoms with Gasteiger partial charge < -0.3 is 15.5 Å². The van der Waals surface area contributed by atoms with Crippen molar-refractivity contribution in [3.05, 3.63) is 60.2 Å². The van der Waals surface area contributed by atoms with Gasteiger partial charge in [0, 0.05) is 30.0 Å². The average Bonchev–Trinajstić information content (AvgIpc) is 2.65. The second-order valence-corrected chi connectivity index (χ2v) is 5.89. The third-order valence-electron chi connectivity index (χ3n) is 4.14. The van der Waals surface area contributed by atoms with E-state index in [1.54, 1.807) is 36.2 Å². The number of hydrogen-bond acceptors (Lipinski definition) is 2. The summed E-state index contributed by atoms with van der Waals surface area (Å²) < 4.78 is 0. The van der Waals surface area contributed by atoms with Gasteiger partial charge in [0.05, 0.1) is 0 Å². The molecule has 0 aliphatic rings. The minimum atomic E-state index is -0.255. The number of hydrogen-bond donors (Lipinski definition) is 2.